The van der Waals surface area contributed by atoms with Crippen LogP contribution in [0.5, 0.6) is 0 Å². The van der Waals surface area contributed by atoms with E-state index in [2.05, 4.69) is 10.1 Å². The highest BCUT2D eigenvalue weighted by molar-refractivity contribution is 7.16. The number of fused-ring (bicyclic) bond motifs is 1. The first-order valence-electron chi connectivity index (χ1n) is 5.64. The van der Waals surface area contributed by atoms with Crippen molar-refractivity contribution in [3.8, 4) is 11.3 Å². The quantitative estimate of drug-likeness (QED) is 0.532. The molecule has 0 unspecified atom stereocenters. The molecule has 6 nitrogen and oxygen atoms in total. The highest BCUT2D eigenvalue weighted by atomic mass is 32.1. The average molecular weight is 274 g/mol. The van der Waals surface area contributed by atoms with Crippen molar-refractivity contribution in [2.75, 3.05) is 0 Å². The minimum atomic E-state index is -0.403. The van der Waals surface area contributed by atoms with Crippen LogP contribution in [0.4, 0.5) is 5.69 Å². The zero-order valence-corrected chi connectivity index (χ0v) is 11.1. The first-order chi connectivity index (χ1) is 9.06. The van der Waals surface area contributed by atoms with Crippen molar-refractivity contribution < 1.29 is 4.92 Å². The van der Waals surface area contributed by atoms with Gasteiger partial charge in [0.15, 0.2) is 0 Å². The topological polar surface area (TPSA) is 73.3 Å². The number of hydrogen-bond acceptors (Lipinski definition) is 5. The van der Waals surface area contributed by atoms with Crippen LogP contribution in [-0.2, 0) is 0 Å². The largest absolute Gasteiger partial charge is 0.270 e. The van der Waals surface area contributed by atoms with E-state index in [0.29, 0.717) is 0 Å². The van der Waals surface area contributed by atoms with E-state index in [1.54, 1.807) is 10.6 Å². The number of aromatic nitrogens is 3. The summed E-state index contributed by atoms with van der Waals surface area (Å²) in [6.45, 7) is 3.83. The number of imidazole rings is 1. The molecule has 0 radical (unpaired) electrons. The molecule has 2 heterocycles. The zero-order valence-electron chi connectivity index (χ0n) is 10.3. The van der Waals surface area contributed by atoms with E-state index >= 15 is 0 Å². The van der Waals surface area contributed by atoms with Crippen molar-refractivity contribution in [2.24, 2.45) is 0 Å². The van der Waals surface area contributed by atoms with Gasteiger partial charge in [0, 0.05) is 17.7 Å². The van der Waals surface area contributed by atoms with Gasteiger partial charge in [-0.2, -0.15) is 5.10 Å². The Labute approximate surface area is 112 Å². The zero-order chi connectivity index (χ0) is 13.6. The summed E-state index contributed by atoms with van der Waals surface area (Å²) in [6.07, 6.45) is 0. The lowest BCUT2D eigenvalue weighted by Crippen LogP contribution is -1.91. The van der Waals surface area contributed by atoms with Gasteiger partial charge in [0.2, 0.25) is 4.96 Å². The highest BCUT2D eigenvalue weighted by Gasteiger charge is 2.15. The number of hydrogen-bond donors (Lipinski definition) is 0. The van der Waals surface area contributed by atoms with Gasteiger partial charge in [-0.1, -0.05) is 23.5 Å². The number of non-ortho nitro benzene ring substituents is 1. The van der Waals surface area contributed by atoms with Crippen LogP contribution >= 0.6 is 11.3 Å². The SMILES string of the molecule is Cc1nn2c(C)c(-c3cccc([N+](=O)[O-])c3)nc2s1. The molecule has 96 valence electrons. The minimum absolute atomic E-state index is 0.0670. The Bertz CT molecular complexity index is 790. The number of aryl methyl sites for hydroxylation is 2. The second-order valence-electron chi connectivity index (χ2n) is 4.17. The molecule has 0 aliphatic carbocycles. The van der Waals surface area contributed by atoms with Crippen molar-refractivity contribution in [2.45, 2.75) is 13.8 Å². The normalized spacial score (nSPS) is 11.1. The molecule has 2 aromatic heterocycles. The van der Waals surface area contributed by atoms with Crippen LogP contribution in [0.25, 0.3) is 16.2 Å². The van der Waals surface area contributed by atoms with Crippen molar-refractivity contribution >= 4 is 22.0 Å². The number of nitro benzene ring substituents is 1. The van der Waals surface area contributed by atoms with Gasteiger partial charge in [-0.3, -0.25) is 10.1 Å². The number of rotatable bonds is 2. The van der Waals surface area contributed by atoms with E-state index in [9.17, 15) is 10.1 Å². The smallest absolute Gasteiger partial charge is 0.258 e. The maximum absolute atomic E-state index is 10.8. The predicted molar refractivity (Wildman–Crippen MR) is 72.4 cm³/mol. The third-order valence-corrected chi connectivity index (χ3v) is 3.68. The molecule has 3 aromatic rings. The fourth-order valence-corrected chi connectivity index (χ4v) is 2.77. The average Bonchev–Trinajstić information content (AvgIpc) is 2.88. The molecule has 0 saturated heterocycles. The Balaban J connectivity index is 2.18. The number of benzene rings is 1. The molecule has 0 aliphatic heterocycles. The summed E-state index contributed by atoms with van der Waals surface area (Å²) in [6, 6.07) is 6.49. The molecule has 0 bridgehead atoms. The van der Waals surface area contributed by atoms with Crippen LogP contribution < -0.4 is 0 Å². The van der Waals surface area contributed by atoms with Gasteiger partial charge in [0.25, 0.3) is 5.69 Å². The summed E-state index contributed by atoms with van der Waals surface area (Å²) in [7, 11) is 0. The third kappa shape index (κ3) is 1.88. The molecule has 0 saturated carbocycles. The first kappa shape index (κ1) is 11.8. The summed E-state index contributed by atoms with van der Waals surface area (Å²) < 4.78 is 1.77. The van der Waals surface area contributed by atoms with Crippen LogP contribution in [0.3, 0.4) is 0 Å². The molecule has 0 aliphatic rings. The lowest BCUT2D eigenvalue weighted by Gasteiger charge is -1.99. The van der Waals surface area contributed by atoms with Gasteiger partial charge < -0.3 is 0 Å². The molecular weight excluding hydrogens is 264 g/mol. The summed E-state index contributed by atoms with van der Waals surface area (Å²) in [5, 5.41) is 16.1. The number of nitro groups is 1. The van der Waals surface area contributed by atoms with Crippen LogP contribution in [0.15, 0.2) is 24.3 Å². The minimum Gasteiger partial charge on any atom is -0.258 e. The molecule has 3 rings (SSSR count). The first-order valence-corrected chi connectivity index (χ1v) is 6.45. The monoisotopic (exact) mass is 274 g/mol. The van der Waals surface area contributed by atoms with E-state index < -0.39 is 4.92 Å². The molecule has 0 N–H and O–H groups in total. The fraction of sp³-hybridized carbons (Fsp3) is 0.167. The summed E-state index contributed by atoms with van der Waals surface area (Å²) in [4.78, 5) is 15.7. The summed E-state index contributed by atoms with van der Waals surface area (Å²) >= 11 is 1.50. The Morgan fingerprint density at radius 3 is 2.84 bits per heavy atom. The molecule has 0 atom stereocenters. The Morgan fingerprint density at radius 1 is 1.37 bits per heavy atom. The van der Waals surface area contributed by atoms with Crippen LogP contribution in [0.2, 0.25) is 0 Å². The van der Waals surface area contributed by atoms with E-state index in [-0.39, 0.29) is 5.69 Å². The molecule has 19 heavy (non-hydrogen) atoms. The molecule has 0 amide bonds. The van der Waals surface area contributed by atoms with E-state index in [0.717, 1.165) is 26.9 Å². The second kappa shape index (κ2) is 4.13. The van der Waals surface area contributed by atoms with Crippen molar-refractivity contribution in [1.29, 1.82) is 0 Å². The summed E-state index contributed by atoms with van der Waals surface area (Å²) in [5.74, 6) is 0. The number of nitrogens with zero attached hydrogens (tertiary/aromatic N) is 4. The molecule has 0 spiro atoms. The Kier molecular flexibility index (Phi) is 2.56. The van der Waals surface area contributed by atoms with Gasteiger partial charge in [0.05, 0.1) is 16.3 Å². The predicted octanol–water partition coefficient (Wildman–Crippen LogP) is 2.98. The van der Waals surface area contributed by atoms with E-state index in [1.165, 1.54) is 23.5 Å². The van der Waals surface area contributed by atoms with E-state index in [1.807, 2.05) is 19.9 Å². The standard InChI is InChI=1S/C12H10N4O2S/c1-7-11(13-12-15(7)14-8(2)19-12)9-4-3-5-10(6-9)16(17)18/h3-6H,1-2H3. The molecule has 7 heteroatoms. The van der Waals surface area contributed by atoms with Gasteiger partial charge in [-0.25, -0.2) is 9.50 Å². The van der Waals surface area contributed by atoms with Crippen molar-refractivity contribution in [3.05, 3.63) is 45.1 Å². The third-order valence-electron chi connectivity index (χ3n) is 2.86. The van der Waals surface area contributed by atoms with Gasteiger partial charge in [0.1, 0.15) is 5.01 Å². The van der Waals surface area contributed by atoms with Crippen LogP contribution in [0, 0.1) is 24.0 Å². The van der Waals surface area contributed by atoms with Gasteiger partial charge >= 0.3 is 0 Å². The maximum atomic E-state index is 10.8. The van der Waals surface area contributed by atoms with Crippen LogP contribution in [0.1, 0.15) is 10.7 Å². The van der Waals surface area contributed by atoms with Gasteiger partial charge in [-0.15, -0.1) is 0 Å². The van der Waals surface area contributed by atoms with Gasteiger partial charge in [-0.05, 0) is 13.8 Å². The highest BCUT2D eigenvalue weighted by Crippen LogP contribution is 2.28. The summed E-state index contributed by atoms with van der Waals surface area (Å²) in [5.41, 5.74) is 2.43. The van der Waals surface area contributed by atoms with Crippen LogP contribution in [-0.4, -0.2) is 19.5 Å². The Hall–Kier alpha value is -2.28. The maximum Gasteiger partial charge on any atom is 0.270 e. The van der Waals surface area contributed by atoms with E-state index in [4.69, 9.17) is 0 Å². The van der Waals surface area contributed by atoms with Crippen molar-refractivity contribution in [3.63, 3.8) is 0 Å². The molecule has 0 fully saturated rings. The molecular formula is C12H10N4O2S. The molecule has 1 aromatic carbocycles. The fourth-order valence-electron chi connectivity index (χ4n) is 1.99. The lowest BCUT2D eigenvalue weighted by atomic mass is 10.1. The van der Waals surface area contributed by atoms with Crippen molar-refractivity contribution in [1.82, 2.24) is 14.6 Å². The lowest BCUT2D eigenvalue weighted by molar-refractivity contribution is -0.384. The Morgan fingerprint density at radius 2 is 2.16 bits per heavy atom. The second-order valence-corrected chi connectivity index (χ2v) is 5.33.